The van der Waals surface area contributed by atoms with Gasteiger partial charge in [0.1, 0.15) is 5.75 Å². The molecule has 6 nitrogen and oxygen atoms in total. The predicted octanol–water partition coefficient (Wildman–Crippen LogP) is 4.52. The fourth-order valence-corrected chi connectivity index (χ4v) is 5.78. The number of benzene rings is 1. The van der Waals surface area contributed by atoms with Gasteiger partial charge in [0.15, 0.2) is 0 Å². The number of carbonyl (C=O) groups is 1. The molecule has 1 amide bonds. The monoisotopic (exact) mass is 457 g/mol. The third-order valence-corrected chi connectivity index (χ3v) is 7.54. The third kappa shape index (κ3) is 4.24. The molecule has 34 heavy (non-hydrogen) atoms. The van der Waals surface area contributed by atoms with Gasteiger partial charge in [-0.2, -0.15) is 0 Å². The van der Waals surface area contributed by atoms with Gasteiger partial charge in [-0.05, 0) is 72.2 Å². The second-order valence-corrected chi connectivity index (χ2v) is 9.67. The number of fused-ring (bicyclic) bond motifs is 2. The summed E-state index contributed by atoms with van der Waals surface area (Å²) in [6, 6.07) is 12.2. The molecule has 1 aliphatic carbocycles. The molecule has 1 aliphatic heterocycles. The van der Waals surface area contributed by atoms with Gasteiger partial charge in [-0.25, -0.2) is 4.79 Å². The molecule has 0 saturated carbocycles. The number of aryl methyl sites for hydroxylation is 3. The summed E-state index contributed by atoms with van der Waals surface area (Å²) in [7, 11) is 1.73. The number of hydroxylamine groups is 3. The summed E-state index contributed by atoms with van der Waals surface area (Å²) in [6.07, 6.45) is 8.59. The van der Waals surface area contributed by atoms with Crippen LogP contribution in [0, 0.1) is 18.0 Å². The van der Waals surface area contributed by atoms with E-state index in [9.17, 15) is 10.0 Å². The molecule has 0 radical (unpaired) electrons. The molecule has 176 valence electrons. The van der Waals surface area contributed by atoms with Gasteiger partial charge >= 0.3 is 5.91 Å². The van der Waals surface area contributed by atoms with Crippen LogP contribution in [0.4, 0.5) is 0 Å². The Balaban J connectivity index is 1.45. The highest BCUT2D eigenvalue weighted by molar-refractivity contribution is 5.72. The summed E-state index contributed by atoms with van der Waals surface area (Å²) >= 11 is 0. The normalized spacial score (nSPS) is 24.0. The maximum Gasteiger partial charge on any atom is 0.318 e. The summed E-state index contributed by atoms with van der Waals surface area (Å²) in [5, 5.41) is 13.5. The fraction of sp³-hybridized carbons (Fsp3) is 0.393. The number of aromatic nitrogens is 2. The molecular weight excluding hydrogens is 426 g/mol. The van der Waals surface area contributed by atoms with Crippen molar-refractivity contribution < 1.29 is 14.2 Å². The summed E-state index contributed by atoms with van der Waals surface area (Å²) < 4.78 is 5.13. The van der Waals surface area contributed by atoms with Crippen molar-refractivity contribution in [2.24, 2.45) is 5.92 Å². The average Bonchev–Trinajstić information content (AvgIpc) is 3.02. The Bertz CT molecular complexity index is 1190. The Hall–Kier alpha value is -3.09. The summed E-state index contributed by atoms with van der Waals surface area (Å²) in [5.74, 6) is 0.933. The number of hydrogen-bond donors (Lipinski definition) is 0. The minimum atomic E-state index is -0.751. The lowest BCUT2D eigenvalue weighted by Gasteiger charge is -2.46. The van der Waals surface area contributed by atoms with E-state index >= 15 is 0 Å². The first-order valence-corrected chi connectivity index (χ1v) is 12.1. The van der Waals surface area contributed by atoms with Crippen molar-refractivity contribution in [2.75, 3.05) is 20.2 Å². The van der Waals surface area contributed by atoms with Gasteiger partial charge in [-0.15, -0.1) is 0 Å². The van der Waals surface area contributed by atoms with Gasteiger partial charge in [0, 0.05) is 42.9 Å². The number of pyridine rings is 2. The van der Waals surface area contributed by atoms with E-state index in [1.807, 2.05) is 12.3 Å². The summed E-state index contributed by atoms with van der Waals surface area (Å²) in [6.45, 7) is 2.71. The second-order valence-electron chi connectivity index (χ2n) is 9.67. The van der Waals surface area contributed by atoms with Gasteiger partial charge in [0.2, 0.25) is 0 Å². The third-order valence-electron chi connectivity index (χ3n) is 7.54. The SMILES string of the molecule is COc1cc(C)cc2c1C(C1CC[N+]([O-])(C(=O)Cc3ccncc3)CC1)c1ncccc1CC2. The summed E-state index contributed by atoms with van der Waals surface area (Å²) in [5.41, 5.74) is 6.92. The molecule has 2 aromatic heterocycles. The van der Waals surface area contributed by atoms with Crippen LogP contribution in [0.2, 0.25) is 0 Å². The number of rotatable bonds is 4. The smallest absolute Gasteiger partial charge is 0.318 e. The van der Waals surface area contributed by atoms with Crippen LogP contribution >= 0.6 is 0 Å². The molecule has 2 aliphatic rings. The zero-order chi connectivity index (χ0) is 23.7. The lowest BCUT2D eigenvalue weighted by Crippen LogP contribution is -2.53. The van der Waals surface area contributed by atoms with Gasteiger partial charge in [0.05, 0.1) is 32.3 Å². The van der Waals surface area contributed by atoms with E-state index in [4.69, 9.17) is 9.72 Å². The molecule has 6 heteroatoms. The molecule has 1 atom stereocenters. The van der Waals surface area contributed by atoms with Crippen LogP contribution in [-0.2, 0) is 24.1 Å². The van der Waals surface area contributed by atoms with Crippen molar-refractivity contribution in [3.63, 3.8) is 0 Å². The zero-order valence-corrected chi connectivity index (χ0v) is 19.9. The standard InChI is InChI=1S/C28H31N3O3/c1-19-16-23-6-5-22-4-3-11-30-28(22)27(26(23)24(17-19)34-2)21-9-14-31(33,15-10-21)25(32)18-20-7-12-29-13-8-20/h3-4,7-8,11-13,16-17,21,27H,5-6,9-10,14-15,18H2,1-2H3. The van der Waals surface area contributed by atoms with E-state index < -0.39 is 4.65 Å². The first kappa shape index (κ1) is 22.7. The highest BCUT2D eigenvalue weighted by Crippen LogP contribution is 2.46. The minimum absolute atomic E-state index is 0.0632. The molecule has 3 aromatic rings. The van der Waals surface area contributed by atoms with Crippen LogP contribution in [0.5, 0.6) is 5.75 Å². The Kier molecular flexibility index (Phi) is 6.19. The maximum atomic E-state index is 13.5. The van der Waals surface area contributed by atoms with E-state index in [0.717, 1.165) is 29.8 Å². The second kappa shape index (κ2) is 9.28. The summed E-state index contributed by atoms with van der Waals surface area (Å²) in [4.78, 5) is 21.8. The number of piperidine rings is 1. The van der Waals surface area contributed by atoms with Crippen LogP contribution < -0.4 is 4.74 Å². The van der Waals surface area contributed by atoms with Crippen LogP contribution in [0.3, 0.4) is 0 Å². The van der Waals surface area contributed by atoms with Crippen LogP contribution in [-0.4, -0.2) is 40.7 Å². The number of likely N-dealkylation sites (tertiary alicyclic amines) is 1. The Morgan fingerprint density at radius 2 is 1.82 bits per heavy atom. The molecule has 1 saturated heterocycles. The largest absolute Gasteiger partial charge is 0.625 e. The molecule has 1 aromatic carbocycles. The highest BCUT2D eigenvalue weighted by atomic mass is 16.6. The van der Waals surface area contributed by atoms with Gasteiger partial charge in [0.25, 0.3) is 0 Å². The molecule has 0 bridgehead atoms. The van der Waals surface area contributed by atoms with E-state index in [2.05, 4.69) is 30.1 Å². The van der Waals surface area contributed by atoms with E-state index in [1.54, 1.807) is 31.6 Å². The van der Waals surface area contributed by atoms with Crippen LogP contribution in [0.15, 0.2) is 55.0 Å². The number of methoxy groups -OCH3 is 1. The van der Waals surface area contributed by atoms with Crippen LogP contribution in [0.1, 0.15) is 52.3 Å². The molecule has 5 rings (SSSR count). The molecule has 3 heterocycles. The average molecular weight is 458 g/mol. The van der Waals surface area contributed by atoms with E-state index in [1.165, 1.54) is 22.3 Å². The minimum Gasteiger partial charge on any atom is -0.625 e. The van der Waals surface area contributed by atoms with Gasteiger partial charge < -0.3 is 9.94 Å². The van der Waals surface area contributed by atoms with Crippen LogP contribution in [0.25, 0.3) is 0 Å². The first-order valence-electron chi connectivity index (χ1n) is 12.1. The predicted molar refractivity (Wildman–Crippen MR) is 130 cm³/mol. The Labute approximate surface area is 200 Å². The Morgan fingerprint density at radius 3 is 2.56 bits per heavy atom. The topological polar surface area (TPSA) is 75.1 Å². The van der Waals surface area contributed by atoms with Crippen molar-refractivity contribution in [3.05, 3.63) is 93.7 Å². The van der Waals surface area contributed by atoms with Crippen molar-refractivity contribution in [3.8, 4) is 5.75 Å². The lowest BCUT2D eigenvalue weighted by atomic mass is 9.75. The number of quaternary nitrogens is 1. The number of amides is 1. The van der Waals surface area contributed by atoms with Gasteiger partial charge in [-0.1, -0.05) is 12.1 Å². The molecule has 1 fully saturated rings. The fourth-order valence-electron chi connectivity index (χ4n) is 5.78. The number of hydrogen-bond acceptors (Lipinski definition) is 5. The first-order chi connectivity index (χ1) is 16.5. The highest BCUT2D eigenvalue weighted by Gasteiger charge is 2.40. The van der Waals surface area contributed by atoms with Gasteiger partial charge in [-0.3, -0.25) is 14.6 Å². The molecule has 1 unspecified atom stereocenters. The molecule has 0 N–H and O–H groups in total. The number of ether oxygens (including phenoxy) is 1. The number of carbonyl (C=O) groups excluding carboxylic acids is 1. The zero-order valence-electron chi connectivity index (χ0n) is 19.9. The maximum absolute atomic E-state index is 13.5. The van der Waals surface area contributed by atoms with E-state index in [-0.39, 0.29) is 24.2 Å². The molecular formula is C28H31N3O3. The molecule has 0 spiro atoms. The van der Waals surface area contributed by atoms with Crippen molar-refractivity contribution in [1.82, 2.24) is 9.97 Å². The quantitative estimate of drug-likeness (QED) is 0.425. The Morgan fingerprint density at radius 1 is 1.09 bits per heavy atom. The van der Waals surface area contributed by atoms with Crippen molar-refractivity contribution in [1.29, 1.82) is 0 Å². The lowest BCUT2D eigenvalue weighted by molar-refractivity contribution is -0.811. The van der Waals surface area contributed by atoms with Crippen molar-refractivity contribution >= 4 is 5.91 Å². The van der Waals surface area contributed by atoms with E-state index in [0.29, 0.717) is 25.9 Å². The van der Waals surface area contributed by atoms with Crippen molar-refractivity contribution in [2.45, 2.75) is 44.9 Å². The number of nitrogens with zero attached hydrogens (tertiary/aromatic N) is 3.